The SMILES string of the molecule is O=C(Nc1ccc(Cl)cc1)c1c[nH]c2c1-c1ncccc1CCC2. The first-order valence-corrected chi connectivity index (χ1v) is 8.31. The molecule has 0 unspecified atom stereocenters. The van der Waals surface area contributed by atoms with Gasteiger partial charge in [0, 0.05) is 34.4 Å². The Morgan fingerprint density at radius 1 is 1.17 bits per heavy atom. The molecule has 5 heteroatoms. The number of rotatable bonds is 2. The van der Waals surface area contributed by atoms with Gasteiger partial charge < -0.3 is 10.3 Å². The lowest BCUT2D eigenvalue weighted by molar-refractivity contribution is 0.102. The predicted octanol–water partition coefficient (Wildman–Crippen LogP) is 4.47. The zero-order valence-electron chi connectivity index (χ0n) is 13.0. The summed E-state index contributed by atoms with van der Waals surface area (Å²) in [6, 6.07) is 11.1. The Morgan fingerprint density at radius 2 is 2.00 bits per heavy atom. The molecule has 1 aliphatic carbocycles. The Morgan fingerprint density at radius 3 is 2.83 bits per heavy atom. The van der Waals surface area contributed by atoms with Crippen LogP contribution in [0.5, 0.6) is 0 Å². The second-order valence-electron chi connectivity index (χ2n) is 5.88. The molecule has 1 aliphatic rings. The minimum Gasteiger partial charge on any atom is -0.364 e. The van der Waals surface area contributed by atoms with Crippen molar-refractivity contribution in [2.75, 3.05) is 5.32 Å². The number of H-pyrrole nitrogens is 1. The third kappa shape index (κ3) is 2.69. The molecule has 0 saturated heterocycles. The van der Waals surface area contributed by atoms with Crippen LogP contribution in [-0.4, -0.2) is 15.9 Å². The molecule has 24 heavy (non-hydrogen) atoms. The highest BCUT2D eigenvalue weighted by molar-refractivity contribution is 6.30. The van der Waals surface area contributed by atoms with Crippen LogP contribution in [-0.2, 0) is 12.8 Å². The van der Waals surface area contributed by atoms with Crippen LogP contribution in [0, 0.1) is 0 Å². The summed E-state index contributed by atoms with van der Waals surface area (Å²) < 4.78 is 0. The van der Waals surface area contributed by atoms with Gasteiger partial charge in [0.2, 0.25) is 0 Å². The van der Waals surface area contributed by atoms with Gasteiger partial charge in [-0.25, -0.2) is 0 Å². The van der Waals surface area contributed by atoms with Crippen LogP contribution in [0.1, 0.15) is 28.0 Å². The van der Waals surface area contributed by atoms with E-state index in [0.717, 1.165) is 36.2 Å². The van der Waals surface area contributed by atoms with E-state index < -0.39 is 0 Å². The number of fused-ring (bicyclic) bond motifs is 3. The Balaban J connectivity index is 1.73. The van der Waals surface area contributed by atoms with Crippen LogP contribution in [0.4, 0.5) is 5.69 Å². The molecule has 0 bridgehead atoms. The molecule has 2 N–H and O–H groups in total. The summed E-state index contributed by atoms with van der Waals surface area (Å²) >= 11 is 5.89. The summed E-state index contributed by atoms with van der Waals surface area (Å²) in [5, 5.41) is 3.57. The second kappa shape index (κ2) is 6.13. The molecular weight excluding hydrogens is 322 g/mol. The van der Waals surface area contributed by atoms with Gasteiger partial charge in [0.05, 0.1) is 11.3 Å². The first kappa shape index (κ1) is 15.0. The van der Waals surface area contributed by atoms with Crippen molar-refractivity contribution in [1.29, 1.82) is 0 Å². The van der Waals surface area contributed by atoms with Gasteiger partial charge in [-0.15, -0.1) is 0 Å². The average molecular weight is 338 g/mol. The van der Waals surface area contributed by atoms with Gasteiger partial charge in [-0.05, 0) is 55.2 Å². The molecule has 0 aliphatic heterocycles. The Hall–Kier alpha value is -2.59. The van der Waals surface area contributed by atoms with Crippen LogP contribution in [0.25, 0.3) is 11.3 Å². The quantitative estimate of drug-likeness (QED) is 0.724. The van der Waals surface area contributed by atoms with Crippen molar-refractivity contribution in [3.05, 3.63) is 70.6 Å². The van der Waals surface area contributed by atoms with Gasteiger partial charge in [0.15, 0.2) is 0 Å². The van der Waals surface area contributed by atoms with E-state index in [2.05, 4.69) is 21.4 Å². The zero-order valence-corrected chi connectivity index (χ0v) is 13.7. The number of aromatic nitrogens is 2. The Kier molecular flexibility index (Phi) is 3.82. The van der Waals surface area contributed by atoms with Crippen molar-refractivity contribution in [2.45, 2.75) is 19.3 Å². The van der Waals surface area contributed by atoms with E-state index >= 15 is 0 Å². The fourth-order valence-electron chi connectivity index (χ4n) is 3.17. The fourth-order valence-corrected chi connectivity index (χ4v) is 3.29. The number of benzene rings is 1. The number of hydrogen-bond acceptors (Lipinski definition) is 2. The summed E-state index contributed by atoms with van der Waals surface area (Å²) in [5.41, 5.74) is 5.45. The highest BCUT2D eigenvalue weighted by Crippen LogP contribution is 2.33. The molecule has 1 aromatic carbocycles. The minimum atomic E-state index is -0.145. The summed E-state index contributed by atoms with van der Waals surface area (Å²) in [6.45, 7) is 0. The first-order chi connectivity index (χ1) is 11.7. The van der Waals surface area contributed by atoms with Crippen molar-refractivity contribution < 1.29 is 4.79 Å². The molecule has 2 heterocycles. The number of aryl methyl sites for hydroxylation is 2. The lowest BCUT2D eigenvalue weighted by atomic mass is 10.0. The van der Waals surface area contributed by atoms with Gasteiger partial charge in [-0.3, -0.25) is 9.78 Å². The van der Waals surface area contributed by atoms with Crippen molar-refractivity contribution in [1.82, 2.24) is 9.97 Å². The van der Waals surface area contributed by atoms with Gasteiger partial charge in [0.25, 0.3) is 5.91 Å². The van der Waals surface area contributed by atoms with Crippen molar-refractivity contribution in [3.8, 4) is 11.3 Å². The monoisotopic (exact) mass is 337 g/mol. The van der Waals surface area contributed by atoms with Gasteiger partial charge in [-0.1, -0.05) is 17.7 Å². The van der Waals surface area contributed by atoms with Crippen LogP contribution >= 0.6 is 11.6 Å². The second-order valence-corrected chi connectivity index (χ2v) is 6.32. The number of nitrogens with zero attached hydrogens (tertiary/aromatic N) is 1. The van der Waals surface area contributed by atoms with Crippen molar-refractivity contribution in [3.63, 3.8) is 0 Å². The molecule has 0 spiro atoms. The van der Waals surface area contributed by atoms with E-state index in [-0.39, 0.29) is 5.91 Å². The summed E-state index contributed by atoms with van der Waals surface area (Å²) in [6.07, 6.45) is 6.50. The number of nitrogens with one attached hydrogen (secondary N) is 2. The van der Waals surface area contributed by atoms with Crippen molar-refractivity contribution >= 4 is 23.2 Å². The van der Waals surface area contributed by atoms with E-state index in [4.69, 9.17) is 11.6 Å². The number of hydrogen-bond donors (Lipinski definition) is 2. The fraction of sp³-hybridized carbons (Fsp3) is 0.158. The molecule has 2 aromatic heterocycles. The predicted molar refractivity (Wildman–Crippen MR) is 95.5 cm³/mol. The Labute approximate surface area is 144 Å². The molecule has 0 saturated carbocycles. The summed E-state index contributed by atoms with van der Waals surface area (Å²) in [7, 11) is 0. The number of aromatic amines is 1. The molecule has 0 atom stereocenters. The lowest BCUT2D eigenvalue weighted by Gasteiger charge is -2.09. The zero-order chi connectivity index (χ0) is 16.5. The number of amides is 1. The van der Waals surface area contributed by atoms with Crippen LogP contribution in [0.15, 0.2) is 48.8 Å². The molecule has 1 amide bonds. The molecule has 4 nitrogen and oxygen atoms in total. The topological polar surface area (TPSA) is 57.8 Å². The third-order valence-corrected chi connectivity index (χ3v) is 4.56. The number of anilines is 1. The van der Waals surface area contributed by atoms with E-state index in [1.807, 2.05) is 6.07 Å². The van der Waals surface area contributed by atoms with Gasteiger partial charge >= 0.3 is 0 Å². The standard InChI is InChI=1S/C19H16ClN3O/c20-13-6-8-14(9-7-13)23-19(24)15-11-22-16-5-1-3-12-4-2-10-21-18(12)17(15)16/h2,4,6-11,22H,1,3,5H2,(H,23,24). The third-order valence-electron chi connectivity index (χ3n) is 4.31. The summed E-state index contributed by atoms with van der Waals surface area (Å²) in [4.78, 5) is 20.6. The van der Waals surface area contributed by atoms with E-state index in [9.17, 15) is 4.79 Å². The number of carbonyl (C=O) groups excluding carboxylic acids is 1. The average Bonchev–Trinajstić information content (AvgIpc) is 2.93. The molecule has 0 radical (unpaired) electrons. The molecule has 3 aromatic rings. The molecular formula is C19H16ClN3O. The Bertz CT molecular complexity index is 899. The van der Waals surface area contributed by atoms with Gasteiger partial charge in [0.1, 0.15) is 0 Å². The van der Waals surface area contributed by atoms with E-state index in [1.54, 1.807) is 36.7 Å². The normalized spacial score (nSPS) is 12.9. The minimum absolute atomic E-state index is 0.145. The van der Waals surface area contributed by atoms with E-state index in [0.29, 0.717) is 16.3 Å². The van der Waals surface area contributed by atoms with E-state index in [1.165, 1.54) is 5.56 Å². The van der Waals surface area contributed by atoms with Gasteiger partial charge in [-0.2, -0.15) is 0 Å². The van der Waals surface area contributed by atoms with Crippen LogP contribution in [0.2, 0.25) is 5.02 Å². The maximum absolute atomic E-state index is 12.8. The van der Waals surface area contributed by atoms with Crippen LogP contribution < -0.4 is 5.32 Å². The van der Waals surface area contributed by atoms with Crippen molar-refractivity contribution in [2.24, 2.45) is 0 Å². The molecule has 0 fully saturated rings. The van der Waals surface area contributed by atoms with Crippen LogP contribution in [0.3, 0.4) is 0 Å². The maximum Gasteiger partial charge on any atom is 0.257 e. The lowest BCUT2D eigenvalue weighted by Crippen LogP contribution is -2.12. The number of pyridine rings is 1. The largest absolute Gasteiger partial charge is 0.364 e. The molecule has 4 rings (SSSR count). The number of halogens is 1. The maximum atomic E-state index is 12.8. The highest BCUT2D eigenvalue weighted by atomic mass is 35.5. The molecule has 120 valence electrons. The first-order valence-electron chi connectivity index (χ1n) is 7.94. The smallest absolute Gasteiger partial charge is 0.257 e. The highest BCUT2D eigenvalue weighted by Gasteiger charge is 2.23. The number of carbonyl (C=O) groups is 1. The summed E-state index contributed by atoms with van der Waals surface area (Å²) in [5.74, 6) is -0.145.